The van der Waals surface area contributed by atoms with Crippen molar-refractivity contribution in [3.63, 3.8) is 0 Å². The summed E-state index contributed by atoms with van der Waals surface area (Å²) in [6.45, 7) is 1.45. The predicted molar refractivity (Wildman–Crippen MR) is 96.5 cm³/mol. The minimum Gasteiger partial charge on any atom is -0.494 e. The van der Waals surface area contributed by atoms with Gasteiger partial charge in [0, 0.05) is 18.2 Å². The molecule has 1 atom stereocenters. The van der Waals surface area contributed by atoms with Crippen LogP contribution in [-0.4, -0.2) is 29.0 Å². The number of nitro groups is 2. The molecule has 0 aliphatic heterocycles. The smallest absolute Gasteiger partial charge is 0.273 e. The highest BCUT2D eigenvalue weighted by Crippen LogP contribution is 2.31. The van der Waals surface area contributed by atoms with E-state index in [2.05, 4.69) is 5.32 Å². The highest BCUT2D eigenvalue weighted by Gasteiger charge is 2.20. The van der Waals surface area contributed by atoms with E-state index in [0.29, 0.717) is 0 Å². The molecule has 27 heavy (non-hydrogen) atoms. The third-order valence-electron chi connectivity index (χ3n) is 3.45. The van der Waals surface area contributed by atoms with E-state index < -0.39 is 21.9 Å². The number of hydrogen-bond acceptors (Lipinski definition) is 7. The molecule has 11 heteroatoms. The van der Waals surface area contributed by atoms with E-state index in [-0.39, 0.29) is 33.6 Å². The minimum absolute atomic E-state index is 0.0169. The third kappa shape index (κ3) is 4.82. The van der Waals surface area contributed by atoms with Crippen molar-refractivity contribution in [2.24, 2.45) is 0 Å². The van der Waals surface area contributed by atoms with Crippen LogP contribution in [0.25, 0.3) is 0 Å². The normalized spacial score (nSPS) is 11.4. The number of benzene rings is 2. The monoisotopic (exact) mass is 395 g/mol. The second kappa shape index (κ2) is 8.32. The van der Waals surface area contributed by atoms with Gasteiger partial charge in [0.15, 0.2) is 6.10 Å². The Labute approximate surface area is 157 Å². The van der Waals surface area contributed by atoms with Crippen LogP contribution >= 0.6 is 11.6 Å². The maximum Gasteiger partial charge on any atom is 0.273 e. The fourth-order valence-electron chi connectivity index (χ4n) is 2.07. The highest BCUT2D eigenvalue weighted by atomic mass is 35.5. The molecule has 0 heterocycles. The van der Waals surface area contributed by atoms with Gasteiger partial charge in [-0.2, -0.15) is 0 Å². The minimum atomic E-state index is -1.01. The first-order valence-corrected chi connectivity index (χ1v) is 7.84. The van der Waals surface area contributed by atoms with Gasteiger partial charge < -0.3 is 14.8 Å². The molecular formula is C16H14ClN3O7. The number of methoxy groups -OCH3 is 1. The average molecular weight is 396 g/mol. The third-order valence-corrected chi connectivity index (χ3v) is 3.75. The summed E-state index contributed by atoms with van der Waals surface area (Å²) in [4.78, 5) is 32.6. The fourth-order valence-corrected chi connectivity index (χ4v) is 2.29. The molecule has 0 aromatic heterocycles. The van der Waals surface area contributed by atoms with Crippen molar-refractivity contribution in [3.05, 3.63) is 61.6 Å². The van der Waals surface area contributed by atoms with Gasteiger partial charge in [0.2, 0.25) is 0 Å². The lowest BCUT2D eigenvalue weighted by molar-refractivity contribution is -0.385. The molecule has 0 spiro atoms. The molecule has 0 fully saturated rings. The van der Waals surface area contributed by atoms with Crippen LogP contribution in [0, 0.1) is 20.2 Å². The number of amides is 1. The van der Waals surface area contributed by atoms with Crippen LogP contribution in [0.3, 0.4) is 0 Å². The molecule has 0 saturated carbocycles. The van der Waals surface area contributed by atoms with Crippen molar-refractivity contribution in [3.8, 4) is 11.5 Å². The first-order valence-electron chi connectivity index (χ1n) is 7.46. The Balaban J connectivity index is 2.12. The van der Waals surface area contributed by atoms with Crippen LogP contribution in [-0.2, 0) is 4.79 Å². The number of hydrogen-bond donors (Lipinski definition) is 1. The maximum absolute atomic E-state index is 12.3. The van der Waals surface area contributed by atoms with Gasteiger partial charge in [-0.15, -0.1) is 0 Å². The van der Waals surface area contributed by atoms with E-state index in [1.807, 2.05) is 0 Å². The number of nitrogens with one attached hydrogen (secondary N) is 1. The summed E-state index contributed by atoms with van der Waals surface area (Å²) in [7, 11) is 1.31. The average Bonchev–Trinajstić information content (AvgIpc) is 2.63. The van der Waals surface area contributed by atoms with Gasteiger partial charge in [-0.05, 0) is 19.1 Å². The summed E-state index contributed by atoms with van der Waals surface area (Å²) < 4.78 is 10.5. The second-order valence-corrected chi connectivity index (χ2v) is 5.67. The number of halogens is 1. The Hall–Kier alpha value is -3.40. The van der Waals surface area contributed by atoms with E-state index in [4.69, 9.17) is 21.1 Å². The summed E-state index contributed by atoms with van der Waals surface area (Å²) in [6.07, 6.45) is -1.01. The lowest BCUT2D eigenvalue weighted by atomic mass is 10.2. The fraction of sp³-hybridized carbons (Fsp3) is 0.188. The van der Waals surface area contributed by atoms with Gasteiger partial charge in [0.05, 0.1) is 33.7 Å². The first kappa shape index (κ1) is 19.9. The molecule has 0 bridgehead atoms. The van der Waals surface area contributed by atoms with Crippen molar-refractivity contribution in [2.45, 2.75) is 13.0 Å². The van der Waals surface area contributed by atoms with Crippen molar-refractivity contribution in [2.75, 3.05) is 12.4 Å². The molecule has 2 rings (SSSR count). The van der Waals surface area contributed by atoms with Gasteiger partial charge in [-0.3, -0.25) is 25.0 Å². The SMILES string of the molecule is COc1cc([N+](=O)[O-])ccc1NC(=O)[C@H](C)Oc1ccc([N+](=O)[O-])cc1Cl. The maximum atomic E-state index is 12.3. The molecule has 2 aromatic carbocycles. The zero-order chi connectivity index (χ0) is 20.1. The Morgan fingerprint density at radius 1 is 1.07 bits per heavy atom. The number of nitrogens with zero attached hydrogens (tertiary/aromatic N) is 2. The second-order valence-electron chi connectivity index (χ2n) is 5.26. The number of nitro benzene ring substituents is 2. The Kier molecular flexibility index (Phi) is 6.14. The number of non-ortho nitro benzene ring substituents is 2. The quantitative estimate of drug-likeness (QED) is 0.559. The van der Waals surface area contributed by atoms with Gasteiger partial charge in [-0.1, -0.05) is 11.6 Å². The highest BCUT2D eigenvalue weighted by molar-refractivity contribution is 6.32. The Bertz CT molecular complexity index is 904. The molecule has 0 unspecified atom stereocenters. The van der Waals surface area contributed by atoms with Crippen molar-refractivity contribution in [1.29, 1.82) is 0 Å². The van der Waals surface area contributed by atoms with Crippen molar-refractivity contribution in [1.82, 2.24) is 0 Å². The molecule has 2 aromatic rings. The van der Waals surface area contributed by atoms with Gasteiger partial charge in [0.1, 0.15) is 11.5 Å². The Morgan fingerprint density at radius 2 is 1.67 bits per heavy atom. The topological polar surface area (TPSA) is 134 Å². The van der Waals surface area contributed by atoms with Crippen LogP contribution in [0.15, 0.2) is 36.4 Å². The van der Waals surface area contributed by atoms with Crippen molar-refractivity contribution < 1.29 is 24.1 Å². The largest absolute Gasteiger partial charge is 0.494 e. The molecule has 1 N–H and O–H groups in total. The molecular weight excluding hydrogens is 382 g/mol. The van der Waals surface area contributed by atoms with Gasteiger partial charge >= 0.3 is 0 Å². The van der Waals surface area contributed by atoms with Crippen LogP contribution in [0.1, 0.15) is 6.92 Å². The van der Waals surface area contributed by atoms with Crippen LogP contribution in [0.4, 0.5) is 17.1 Å². The number of ether oxygens (including phenoxy) is 2. The molecule has 0 radical (unpaired) electrons. The van der Waals surface area contributed by atoms with E-state index in [9.17, 15) is 25.0 Å². The van der Waals surface area contributed by atoms with E-state index in [0.717, 1.165) is 6.07 Å². The zero-order valence-corrected chi connectivity index (χ0v) is 14.9. The Morgan fingerprint density at radius 3 is 2.22 bits per heavy atom. The molecule has 142 valence electrons. The zero-order valence-electron chi connectivity index (χ0n) is 14.2. The van der Waals surface area contributed by atoms with Crippen LogP contribution < -0.4 is 14.8 Å². The summed E-state index contributed by atoms with van der Waals surface area (Å²) in [5.74, 6) is -0.365. The summed E-state index contributed by atoms with van der Waals surface area (Å²) >= 11 is 5.93. The molecule has 0 aliphatic rings. The van der Waals surface area contributed by atoms with E-state index >= 15 is 0 Å². The first-order chi connectivity index (χ1) is 12.7. The van der Waals surface area contributed by atoms with Crippen molar-refractivity contribution >= 4 is 34.6 Å². The summed E-state index contributed by atoms with van der Waals surface area (Å²) in [6, 6.07) is 7.33. The summed E-state index contributed by atoms with van der Waals surface area (Å²) in [5, 5.41) is 24.0. The number of anilines is 1. The lowest BCUT2D eigenvalue weighted by Gasteiger charge is -2.16. The summed E-state index contributed by atoms with van der Waals surface area (Å²) in [5.41, 5.74) is -0.176. The van der Waals surface area contributed by atoms with Gasteiger partial charge in [-0.25, -0.2) is 0 Å². The van der Waals surface area contributed by atoms with Crippen LogP contribution in [0.2, 0.25) is 5.02 Å². The lowest BCUT2D eigenvalue weighted by Crippen LogP contribution is -2.30. The van der Waals surface area contributed by atoms with E-state index in [1.54, 1.807) is 0 Å². The molecule has 10 nitrogen and oxygen atoms in total. The molecule has 0 saturated heterocycles. The van der Waals surface area contributed by atoms with E-state index in [1.165, 1.54) is 44.4 Å². The van der Waals surface area contributed by atoms with Crippen LogP contribution in [0.5, 0.6) is 11.5 Å². The number of rotatable bonds is 7. The standard InChI is InChI=1S/C16H14ClN3O7/c1-9(27-14-6-4-10(19(22)23)7-12(14)17)16(21)18-13-5-3-11(20(24)25)8-15(13)26-2/h3-9H,1-2H3,(H,18,21)/t9-/m0/s1. The molecule has 0 aliphatic carbocycles. The predicted octanol–water partition coefficient (Wildman–Crippen LogP) is 3.57. The molecule has 1 amide bonds. The van der Waals surface area contributed by atoms with Gasteiger partial charge in [0.25, 0.3) is 17.3 Å². The number of carbonyl (C=O) groups excluding carboxylic acids is 1. The number of carbonyl (C=O) groups is 1.